The lowest BCUT2D eigenvalue weighted by atomic mass is 9.94. The van der Waals surface area contributed by atoms with Gasteiger partial charge in [-0.15, -0.1) is 0 Å². The van der Waals surface area contributed by atoms with Gasteiger partial charge in [-0.3, -0.25) is 4.79 Å². The number of primary amides is 1. The summed E-state index contributed by atoms with van der Waals surface area (Å²) in [5, 5.41) is 14.4. The monoisotopic (exact) mass is 351 g/mol. The topological polar surface area (TPSA) is 114 Å². The Hall–Kier alpha value is -2.12. The van der Waals surface area contributed by atoms with Crippen LogP contribution in [-0.4, -0.2) is 42.8 Å². The van der Waals surface area contributed by atoms with Gasteiger partial charge in [0.25, 0.3) is 0 Å². The first kappa shape index (κ1) is 20.9. The second kappa shape index (κ2) is 10.0. The molecule has 140 valence electrons. The fraction of sp³-hybridized carbons (Fsp3) is 0.556. The van der Waals surface area contributed by atoms with Crippen molar-refractivity contribution in [1.82, 2.24) is 10.6 Å². The van der Waals surface area contributed by atoms with E-state index in [1.807, 2.05) is 45.9 Å². The van der Waals surface area contributed by atoms with Crippen LogP contribution in [0.4, 0.5) is 4.79 Å². The summed E-state index contributed by atoms with van der Waals surface area (Å²) < 4.78 is 5.56. The average Bonchev–Trinajstić information content (AvgIpc) is 2.54. The summed E-state index contributed by atoms with van der Waals surface area (Å²) in [6.07, 6.45) is -0.559. The van der Waals surface area contributed by atoms with Crippen LogP contribution in [0.1, 0.15) is 50.7 Å². The second-order valence-electron chi connectivity index (χ2n) is 6.48. The summed E-state index contributed by atoms with van der Waals surface area (Å²) in [4.78, 5) is 23.1. The largest absolute Gasteiger partial charge is 0.412 e. The van der Waals surface area contributed by atoms with Gasteiger partial charge < -0.3 is 26.2 Å². The van der Waals surface area contributed by atoms with E-state index in [1.165, 1.54) is 0 Å². The van der Waals surface area contributed by atoms with E-state index in [9.17, 15) is 9.59 Å². The number of hydrogen-bond donors (Lipinski definition) is 4. The molecule has 0 aliphatic heterocycles. The zero-order valence-corrected chi connectivity index (χ0v) is 15.3. The Bertz CT molecular complexity index is 561. The first-order valence-electron chi connectivity index (χ1n) is 8.49. The lowest BCUT2D eigenvalue weighted by Crippen LogP contribution is -2.46. The van der Waals surface area contributed by atoms with Crippen molar-refractivity contribution in [2.75, 3.05) is 19.7 Å². The lowest BCUT2D eigenvalue weighted by molar-refractivity contribution is -0.120. The molecule has 1 aromatic carbocycles. The Morgan fingerprint density at radius 1 is 1.12 bits per heavy atom. The zero-order chi connectivity index (χ0) is 19.0. The first-order valence-corrected chi connectivity index (χ1v) is 8.49. The predicted octanol–water partition coefficient (Wildman–Crippen LogP) is 1.46. The summed E-state index contributed by atoms with van der Waals surface area (Å²) in [7, 11) is 0. The fourth-order valence-corrected chi connectivity index (χ4v) is 2.40. The van der Waals surface area contributed by atoms with Crippen molar-refractivity contribution >= 4 is 12.0 Å². The van der Waals surface area contributed by atoms with Gasteiger partial charge in [-0.1, -0.05) is 45.9 Å². The molecule has 0 spiro atoms. The molecule has 0 aromatic heterocycles. The number of aliphatic hydroxyl groups is 1. The molecule has 1 rings (SSSR count). The highest BCUT2D eigenvalue weighted by atomic mass is 16.6. The second-order valence-corrected chi connectivity index (χ2v) is 6.48. The van der Waals surface area contributed by atoms with E-state index in [0.29, 0.717) is 5.75 Å². The number of para-hydroxylation sites is 1. The number of carbonyl (C=O) groups is 2. The van der Waals surface area contributed by atoms with E-state index in [-0.39, 0.29) is 31.5 Å². The highest BCUT2D eigenvalue weighted by Gasteiger charge is 2.18. The van der Waals surface area contributed by atoms with Crippen molar-refractivity contribution in [3.05, 3.63) is 29.3 Å². The molecular formula is C18H29N3O4. The van der Waals surface area contributed by atoms with Gasteiger partial charge in [0.15, 0.2) is 0 Å². The molecule has 0 bridgehead atoms. The van der Waals surface area contributed by atoms with Gasteiger partial charge in [0.05, 0.1) is 6.61 Å². The smallest absolute Gasteiger partial charge is 0.410 e. The highest BCUT2D eigenvalue weighted by molar-refractivity contribution is 5.80. The third-order valence-corrected chi connectivity index (χ3v) is 3.83. The van der Waals surface area contributed by atoms with Crippen LogP contribution in [0.3, 0.4) is 0 Å². The molecule has 0 saturated heterocycles. The third-order valence-electron chi connectivity index (χ3n) is 3.83. The molecule has 0 saturated carbocycles. The van der Waals surface area contributed by atoms with E-state index >= 15 is 0 Å². The van der Waals surface area contributed by atoms with Gasteiger partial charge in [0.2, 0.25) is 5.91 Å². The summed E-state index contributed by atoms with van der Waals surface area (Å²) in [6.45, 7) is 8.33. The minimum Gasteiger partial charge on any atom is -0.410 e. The van der Waals surface area contributed by atoms with E-state index in [4.69, 9.17) is 15.6 Å². The Morgan fingerprint density at radius 3 is 2.12 bits per heavy atom. The maximum Gasteiger partial charge on any atom is 0.412 e. The SMILES string of the molecule is CC(C)c1cccc(C(C)C)c1OC(=O)NCCN[C@@H](CO)C(N)=O. The van der Waals surface area contributed by atoms with Gasteiger partial charge in [-0.2, -0.15) is 0 Å². The molecule has 7 heteroatoms. The average molecular weight is 351 g/mol. The summed E-state index contributed by atoms with van der Waals surface area (Å²) in [5.41, 5.74) is 7.07. The normalized spacial score (nSPS) is 12.3. The van der Waals surface area contributed by atoms with Crippen LogP contribution in [0.2, 0.25) is 0 Å². The molecule has 0 aliphatic rings. The fourth-order valence-electron chi connectivity index (χ4n) is 2.40. The number of nitrogens with two attached hydrogens (primary N) is 1. The van der Waals surface area contributed by atoms with Crippen molar-refractivity contribution in [2.45, 2.75) is 45.6 Å². The Balaban J connectivity index is 2.66. The molecule has 0 fully saturated rings. The molecule has 1 atom stereocenters. The zero-order valence-electron chi connectivity index (χ0n) is 15.3. The predicted molar refractivity (Wildman–Crippen MR) is 96.7 cm³/mol. The molecule has 1 aromatic rings. The van der Waals surface area contributed by atoms with Gasteiger partial charge in [0.1, 0.15) is 11.8 Å². The molecule has 2 amide bonds. The van der Waals surface area contributed by atoms with Gasteiger partial charge in [0, 0.05) is 13.1 Å². The minimum atomic E-state index is -0.827. The number of amides is 2. The molecule has 5 N–H and O–H groups in total. The molecular weight excluding hydrogens is 322 g/mol. The number of nitrogens with one attached hydrogen (secondary N) is 2. The van der Waals surface area contributed by atoms with E-state index < -0.39 is 18.0 Å². The standard InChI is InChI=1S/C18H29N3O4/c1-11(2)13-6-5-7-14(12(3)4)16(13)25-18(24)21-9-8-20-15(10-22)17(19)23/h5-7,11-12,15,20,22H,8-10H2,1-4H3,(H2,19,23)(H,21,24)/t15-/m0/s1. The van der Waals surface area contributed by atoms with Crippen LogP contribution in [-0.2, 0) is 4.79 Å². The third kappa shape index (κ3) is 6.36. The molecule has 25 heavy (non-hydrogen) atoms. The van der Waals surface area contributed by atoms with Crippen LogP contribution >= 0.6 is 0 Å². The maximum atomic E-state index is 12.1. The van der Waals surface area contributed by atoms with E-state index in [2.05, 4.69) is 10.6 Å². The number of carbonyl (C=O) groups excluding carboxylic acids is 2. The van der Waals surface area contributed by atoms with E-state index in [1.54, 1.807) is 0 Å². The lowest BCUT2D eigenvalue weighted by Gasteiger charge is -2.19. The maximum absolute atomic E-state index is 12.1. The van der Waals surface area contributed by atoms with E-state index in [0.717, 1.165) is 11.1 Å². The molecule has 0 aliphatic carbocycles. The van der Waals surface area contributed by atoms with Crippen LogP contribution in [0, 0.1) is 0 Å². The number of ether oxygens (including phenoxy) is 1. The van der Waals surface area contributed by atoms with Gasteiger partial charge in [-0.25, -0.2) is 4.79 Å². The molecule has 0 unspecified atom stereocenters. The molecule has 7 nitrogen and oxygen atoms in total. The van der Waals surface area contributed by atoms with Crippen molar-refractivity contribution in [1.29, 1.82) is 0 Å². The van der Waals surface area contributed by atoms with Crippen molar-refractivity contribution in [3.8, 4) is 5.75 Å². The first-order chi connectivity index (χ1) is 11.8. The van der Waals surface area contributed by atoms with Crippen LogP contribution in [0.25, 0.3) is 0 Å². The van der Waals surface area contributed by atoms with Crippen LogP contribution in [0.15, 0.2) is 18.2 Å². The summed E-state index contributed by atoms with van der Waals surface area (Å²) >= 11 is 0. The minimum absolute atomic E-state index is 0.226. The summed E-state index contributed by atoms with van der Waals surface area (Å²) in [6, 6.07) is 5.06. The highest BCUT2D eigenvalue weighted by Crippen LogP contribution is 2.34. The number of aliphatic hydroxyl groups excluding tert-OH is 1. The molecule has 0 radical (unpaired) electrons. The van der Waals surface area contributed by atoms with Crippen molar-refractivity contribution < 1.29 is 19.4 Å². The van der Waals surface area contributed by atoms with Crippen LogP contribution < -0.4 is 21.1 Å². The number of rotatable bonds is 9. The quantitative estimate of drug-likeness (QED) is 0.503. The Kier molecular flexibility index (Phi) is 8.37. The van der Waals surface area contributed by atoms with Crippen molar-refractivity contribution in [3.63, 3.8) is 0 Å². The number of hydrogen-bond acceptors (Lipinski definition) is 5. The van der Waals surface area contributed by atoms with Crippen LogP contribution in [0.5, 0.6) is 5.75 Å². The van der Waals surface area contributed by atoms with Gasteiger partial charge in [-0.05, 0) is 23.0 Å². The summed E-state index contributed by atoms with van der Waals surface area (Å²) in [5.74, 6) is 0.411. The molecule has 0 heterocycles. The van der Waals surface area contributed by atoms with Gasteiger partial charge >= 0.3 is 6.09 Å². The Labute approximate surface area is 148 Å². The number of benzene rings is 1. The Morgan fingerprint density at radius 2 is 1.68 bits per heavy atom. The van der Waals surface area contributed by atoms with Crippen molar-refractivity contribution in [2.24, 2.45) is 5.73 Å².